The van der Waals surface area contributed by atoms with E-state index < -0.39 is 17.8 Å². The molecule has 2 heterocycles. The van der Waals surface area contributed by atoms with Crippen LogP contribution < -0.4 is 4.74 Å². The van der Waals surface area contributed by atoms with E-state index in [4.69, 9.17) is 27.9 Å². The molecule has 0 saturated carbocycles. The number of rotatable bonds is 7. The average Bonchev–Trinajstić information content (AvgIpc) is 3.36. The highest BCUT2D eigenvalue weighted by molar-refractivity contribution is 6.42. The maximum atomic E-state index is 13.4. The third-order valence-electron chi connectivity index (χ3n) is 8.16. The number of amides is 2. The minimum absolute atomic E-state index is 0.00710. The van der Waals surface area contributed by atoms with Gasteiger partial charge in [-0.25, -0.2) is 0 Å². The van der Waals surface area contributed by atoms with Crippen LogP contribution in [0.1, 0.15) is 43.7 Å². The first-order chi connectivity index (χ1) is 18.8. The molecule has 2 aromatic rings. The van der Waals surface area contributed by atoms with E-state index in [2.05, 4.69) is 4.90 Å². The first-order valence-corrected chi connectivity index (χ1v) is 14.1. The SMILES string of the molecule is CC(=O)N(C)C1CCN(CC(=O)N2CC(c3ccc(Cl)c(Cl)c3)C(C(C)Oc3ccc(C(F)(F)F)cc3)C2)CC1. The highest BCUT2D eigenvalue weighted by atomic mass is 35.5. The van der Waals surface area contributed by atoms with Gasteiger partial charge < -0.3 is 14.5 Å². The normalized spacial score (nSPS) is 21.4. The van der Waals surface area contributed by atoms with Gasteiger partial charge in [0.1, 0.15) is 11.9 Å². The zero-order chi connectivity index (χ0) is 29.2. The van der Waals surface area contributed by atoms with Crippen LogP contribution in [-0.2, 0) is 15.8 Å². The molecule has 0 aromatic heterocycles. The number of carbonyl (C=O) groups is 2. The largest absolute Gasteiger partial charge is 0.490 e. The molecule has 2 amide bonds. The standard InChI is InChI=1S/C29H34Cl2F3N3O3/c1-18(40-23-7-5-21(6-8-23)29(32,33)34)24-15-37(16-25(24)20-4-9-26(30)27(31)14-20)28(39)17-36-12-10-22(11-13-36)35(3)19(2)38/h4-9,14,18,22,24-25H,10-13,15-17H2,1-3H3. The summed E-state index contributed by atoms with van der Waals surface area (Å²) in [7, 11) is 1.81. The van der Waals surface area contributed by atoms with E-state index in [-0.39, 0.29) is 36.2 Å². The van der Waals surface area contributed by atoms with Crippen molar-refractivity contribution in [1.82, 2.24) is 14.7 Å². The Kier molecular flexibility index (Phi) is 9.58. The molecule has 11 heteroatoms. The van der Waals surface area contributed by atoms with Crippen LogP contribution in [0.5, 0.6) is 5.75 Å². The lowest BCUT2D eigenvalue weighted by Gasteiger charge is -2.36. The number of benzene rings is 2. The van der Waals surface area contributed by atoms with Gasteiger partial charge in [-0.1, -0.05) is 29.3 Å². The lowest BCUT2D eigenvalue weighted by Crippen LogP contribution is -2.48. The van der Waals surface area contributed by atoms with Gasteiger partial charge in [0.25, 0.3) is 0 Å². The summed E-state index contributed by atoms with van der Waals surface area (Å²) in [6.45, 7) is 6.08. The van der Waals surface area contributed by atoms with Crippen LogP contribution >= 0.6 is 23.2 Å². The number of piperidine rings is 1. The lowest BCUT2D eigenvalue weighted by molar-refractivity contribution is -0.137. The summed E-state index contributed by atoms with van der Waals surface area (Å²) in [6.07, 6.45) is -3.19. The summed E-state index contributed by atoms with van der Waals surface area (Å²) in [5.74, 6) is 0.152. The fourth-order valence-corrected chi connectivity index (χ4v) is 5.95. The predicted molar refractivity (Wildman–Crippen MR) is 149 cm³/mol. The Bertz CT molecular complexity index is 1200. The minimum atomic E-state index is -4.42. The molecule has 0 bridgehead atoms. The Morgan fingerprint density at radius 1 is 1.05 bits per heavy atom. The van der Waals surface area contributed by atoms with E-state index in [9.17, 15) is 22.8 Å². The van der Waals surface area contributed by atoms with Crippen LogP contribution in [0.3, 0.4) is 0 Å². The molecule has 0 N–H and O–H groups in total. The fraction of sp³-hybridized carbons (Fsp3) is 0.517. The molecule has 218 valence electrons. The van der Waals surface area contributed by atoms with Crippen LogP contribution in [0.15, 0.2) is 42.5 Å². The van der Waals surface area contributed by atoms with E-state index in [1.54, 1.807) is 24.0 Å². The zero-order valence-electron chi connectivity index (χ0n) is 22.8. The highest BCUT2D eigenvalue weighted by Crippen LogP contribution is 2.39. The average molecular weight is 601 g/mol. The van der Waals surface area contributed by atoms with Crippen LogP contribution in [0.2, 0.25) is 10.0 Å². The van der Waals surface area contributed by atoms with Gasteiger partial charge >= 0.3 is 6.18 Å². The minimum Gasteiger partial charge on any atom is -0.490 e. The number of hydrogen-bond acceptors (Lipinski definition) is 4. The Morgan fingerprint density at radius 2 is 1.70 bits per heavy atom. The first kappa shape index (κ1) is 30.5. The van der Waals surface area contributed by atoms with Crippen molar-refractivity contribution in [2.45, 2.75) is 50.9 Å². The first-order valence-electron chi connectivity index (χ1n) is 13.4. The molecule has 40 heavy (non-hydrogen) atoms. The maximum absolute atomic E-state index is 13.4. The van der Waals surface area contributed by atoms with E-state index in [0.29, 0.717) is 28.9 Å². The molecule has 2 aliphatic heterocycles. The molecule has 2 fully saturated rings. The zero-order valence-corrected chi connectivity index (χ0v) is 24.3. The van der Waals surface area contributed by atoms with Gasteiger partial charge in [-0.05, 0) is 61.7 Å². The second-order valence-corrected chi connectivity index (χ2v) is 11.5. The Labute approximate surface area is 243 Å². The van der Waals surface area contributed by atoms with Gasteiger partial charge in [-0.15, -0.1) is 0 Å². The van der Waals surface area contributed by atoms with Crippen molar-refractivity contribution < 1.29 is 27.5 Å². The number of alkyl halides is 3. The summed E-state index contributed by atoms with van der Waals surface area (Å²) in [4.78, 5) is 30.8. The van der Waals surface area contributed by atoms with Gasteiger partial charge in [0, 0.05) is 58.0 Å². The molecule has 6 nitrogen and oxygen atoms in total. The van der Waals surface area contributed by atoms with Gasteiger partial charge in [0.05, 0.1) is 22.2 Å². The molecule has 0 radical (unpaired) electrons. The van der Waals surface area contributed by atoms with Crippen molar-refractivity contribution in [3.8, 4) is 5.75 Å². The van der Waals surface area contributed by atoms with Crippen molar-refractivity contribution in [1.29, 1.82) is 0 Å². The predicted octanol–water partition coefficient (Wildman–Crippen LogP) is 5.96. The van der Waals surface area contributed by atoms with E-state index in [0.717, 1.165) is 43.6 Å². The number of nitrogens with zero attached hydrogens (tertiary/aromatic N) is 3. The van der Waals surface area contributed by atoms with E-state index in [1.165, 1.54) is 12.1 Å². The topological polar surface area (TPSA) is 53.1 Å². The number of carbonyl (C=O) groups excluding carboxylic acids is 2. The Balaban J connectivity index is 1.45. The molecule has 3 atom stereocenters. The summed E-state index contributed by atoms with van der Waals surface area (Å²) >= 11 is 12.5. The summed E-state index contributed by atoms with van der Waals surface area (Å²) < 4.78 is 45.0. The van der Waals surface area contributed by atoms with Gasteiger partial charge in [0.2, 0.25) is 11.8 Å². The Morgan fingerprint density at radius 3 is 2.27 bits per heavy atom. The summed E-state index contributed by atoms with van der Waals surface area (Å²) in [6, 6.07) is 10.2. The van der Waals surface area contributed by atoms with Crippen LogP contribution in [-0.4, -0.2) is 78.4 Å². The van der Waals surface area contributed by atoms with Crippen molar-refractivity contribution in [2.24, 2.45) is 5.92 Å². The summed E-state index contributed by atoms with van der Waals surface area (Å²) in [5, 5.41) is 0.846. The van der Waals surface area contributed by atoms with Crippen molar-refractivity contribution in [3.63, 3.8) is 0 Å². The Hall–Kier alpha value is -2.49. The molecule has 0 spiro atoms. The second-order valence-electron chi connectivity index (χ2n) is 10.7. The van der Waals surface area contributed by atoms with Gasteiger partial charge in [0.15, 0.2) is 0 Å². The second kappa shape index (κ2) is 12.6. The number of halogens is 5. The molecule has 2 aliphatic rings. The third kappa shape index (κ3) is 7.22. The van der Waals surface area contributed by atoms with Crippen molar-refractivity contribution in [2.75, 3.05) is 39.8 Å². The number of likely N-dealkylation sites (tertiary alicyclic amines) is 2. The number of ether oxygens (including phenoxy) is 1. The van der Waals surface area contributed by atoms with Crippen molar-refractivity contribution >= 4 is 35.0 Å². The van der Waals surface area contributed by atoms with Crippen LogP contribution in [0, 0.1) is 5.92 Å². The van der Waals surface area contributed by atoms with E-state index >= 15 is 0 Å². The molecule has 2 aromatic carbocycles. The van der Waals surface area contributed by atoms with Crippen molar-refractivity contribution in [3.05, 3.63) is 63.6 Å². The molecule has 4 rings (SSSR count). The molecule has 2 saturated heterocycles. The maximum Gasteiger partial charge on any atom is 0.416 e. The molecule has 0 aliphatic carbocycles. The van der Waals surface area contributed by atoms with Crippen LogP contribution in [0.4, 0.5) is 13.2 Å². The molecular formula is C29H34Cl2F3N3O3. The smallest absolute Gasteiger partial charge is 0.416 e. The molecule has 3 unspecified atom stereocenters. The van der Waals surface area contributed by atoms with Gasteiger partial charge in [-0.2, -0.15) is 13.2 Å². The van der Waals surface area contributed by atoms with E-state index in [1.807, 2.05) is 24.9 Å². The van der Waals surface area contributed by atoms with Gasteiger partial charge in [-0.3, -0.25) is 14.5 Å². The fourth-order valence-electron chi connectivity index (χ4n) is 5.64. The third-order valence-corrected chi connectivity index (χ3v) is 8.90. The molecular weight excluding hydrogens is 566 g/mol. The lowest BCUT2D eigenvalue weighted by atomic mass is 9.85. The highest BCUT2D eigenvalue weighted by Gasteiger charge is 2.41. The summed E-state index contributed by atoms with van der Waals surface area (Å²) in [5.41, 5.74) is 0.182. The van der Waals surface area contributed by atoms with Crippen LogP contribution in [0.25, 0.3) is 0 Å². The monoisotopic (exact) mass is 599 g/mol. The number of hydrogen-bond donors (Lipinski definition) is 0. The quantitative estimate of drug-likeness (QED) is 0.394.